The van der Waals surface area contributed by atoms with E-state index in [2.05, 4.69) is 40.6 Å². The van der Waals surface area contributed by atoms with Gasteiger partial charge in [-0.3, -0.25) is 0 Å². The van der Waals surface area contributed by atoms with Gasteiger partial charge in [-0.2, -0.15) is 0 Å². The molecule has 4 nitrogen and oxygen atoms in total. The van der Waals surface area contributed by atoms with Gasteiger partial charge in [-0.1, -0.05) is 25.1 Å². The van der Waals surface area contributed by atoms with E-state index in [1.807, 2.05) is 30.7 Å². The van der Waals surface area contributed by atoms with Crippen molar-refractivity contribution in [2.75, 3.05) is 18.5 Å². The molecule has 0 saturated carbocycles. The standard InChI is InChI=1S/C15H22N4/c1-3-9-19-12-17-11-15(19)14(10-16)18(2)13-7-5-4-6-8-13/h4-8,11-12,14H,3,9-10,16H2,1-2H3. The van der Waals surface area contributed by atoms with Crippen molar-refractivity contribution in [3.05, 3.63) is 48.5 Å². The lowest BCUT2D eigenvalue weighted by Crippen LogP contribution is -2.32. The van der Waals surface area contributed by atoms with Gasteiger partial charge in [0.25, 0.3) is 0 Å². The zero-order valence-corrected chi connectivity index (χ0v) is 11.7. The van der Waals surface area contributed by atoms with Gasteiger partial charge in [0, 0.05) is 25.8 Å². The van der Waals surface area contributed by atoms with Gasteiger partial charge in [0.2, 0.25) is 0 Å². The Kier molecular flexibility index (Phi) is 4.58. The topological polar surface area (TPSA) is 47.1 Å². The second-order valence-electron chi connectivity index (χ2n) is 4.71. The number of hydrogen-bond acceptors (Lipinski definition) is 3. The molecule has 2 rings (SSSR count). The number of nitrogens with two attached hydrogens (primary N) is 1. The number of benzene rings is 1. The molecule has 1 aromatic carbocycles. The zero-order chi connectivity index (χ0) is 13.7. The van der Waals surface area contributed by atoms with Crippen molar-refractivity contribution in [3.8, 4) is 0 Å². The maximum atomic E-state index is 5.98. The molecule has 0 fully saturated rings. The minimum Gasteiger partial charge on any atom is -0.365 e. The summed E-state index contributed by atoms with van der Waals surface area (Å²) in [5.41, 5.74) is 8.33. The second-order valence-corrected chi connectivity index (χ2v) is 4.71. The van der Waals surface area contributed by atoms with E-state index in [1.54, 1.807) is 0 Å². The van der Waals surface area contributed by atoms with Crippen LogP contribution in [0.4, 0.5) is 5.69 Å². The Morgan fingerprint density at radius 2 is 2.05 bits per heavy atom. The summed E-state index contributed by atoms with van der Waals surface area (Å²) >= 11 is 0. The summed E-state index contributed by atoms with van der Waals surface area (Å²) in [6.07, 6.45) is 4.91. The third kappa shape index (κ3) is 2.96. The molecule has 0 aliphatic rings. The summed E-state index contributed by atoms with van der Waals surface area (Å²) in [6.45, 7) is 3.72. The van der Waals surface area contributed by atoms with E-state index in [9.17, 15) is 0 Å². The highest BCUT2D eigenvalue weighted by molar-refractivity contribution is 5.47. The number of para-hydroxylation sites is 1. The summed E-state index contributed by atoms with van der Waals surface area (Å²) in [7, 11) is 2.08. The summed E-state index contributed by atoms with van der Waals surface area (Å²) in [6, 6.07) is 10.5. The smallest absolute Gasteiger partial charge is 0.0948 e. The highest BCUT2D eigenvalue weighted by atomic mass is 15.2. The van der Waals surface area contributed by atoms with Crippen molar-refractivity contribution in [1.29, 1.82) is 0 Å². The summed E-state index contributed by atoms with van der Waals surface area (Å²) < 4.78 is 2.19. The fourth-order valence-corrected chi connectivity index (χ4v) is 2.36. The van der Waals surface area contributed by atoms with Crippen LogP contribution in [0.25, 0.3) is 0 Å². The van der Waals surface area contributed by atoms with E-state index in [1.165, 1.54) is 11.4 Å². The minimum atomic E-state index is 0.149. The van der Waals surface area contributed by atoms with Crippen LogP contribution in [0.3, 0.4) is 0 Å². The lowest BCUT2D eigenvalue weighted by Gasteiger charge is -2.29. The van der Waals surface area contributed by atoms with Crippen LogP contribution >= 0.6 is 0 Å². The predicted octanol–water partition coefficient (Wildman–Crippen LogP) is 2.43. The van der Waals surface area contributed by atoms with E-state index >= 15 is 0 Å². The number of nitrogens with zero attached hydrogens (tertiary/aromatic N) is 3. The van der Waals surface area contributed by atoms with Crippen LogP contribution in [0, 0.1) is 0 Å². The average molecular weight is 258 g/mol. The van der Waals surface area contributed by atoms with Gasteiger partial charge < -0.3 is 15.2 Å². The van der Waals surface area contributed by atoms with Crippen LogP contribution in [0.2, 0.25) is 0 Å². The number of imidazole rings is 1. The summed E-state index contributed by atoms with van der Waals surface area (Å²) in [4.78, 5) is 6.48. The molecule has 0 aliphatic heterocycles. The average Bonchev–Trinajstić information content (AvgIpc) is 2.89. The maximum absolute atomic E-state index is 5.98. The molecule has 0 radical (unpaired) electrons. The van der Waals surface area contributed by atoms with Crippen molar-refractivity contribution in [2.24, 2.45) is 5.73 Å². The third-order valence-electron chi connectivity index (χ3n) is 3.40. The Hall–Kier alpha value is -1.81. The van der Waals surface area contributed by atoms with Crippen molar-refractivity contribution >= 4 is 5.69 Å². The first-order valence-electron chi connectivity index (χ1n) is 6.76. The van der Waals surface area contributed by atoms with Crippen LogP contribution in [-0.2, 0) is 6.54 Å². The molecule has 0 bridgehead atoms. The quantitative estimate of drug-likeness (QED) is 0.865. The zero-order valence-electron chi connectivity index (χ0n) is 11.7. The van der Waals surface area contributed by atoms with Crippen molar-refractivity contribution in [3.63, 3.8) is 0 Å². The Bertz CT molecular complexity index is 492. The summed E-state index contributed by atoms with van der Waals surface area (Å²) in [5, 5.41) is 0. The maximum Gasteiger partial charge on any atom is 0.0948 e. The van der Waals surface area contributed by atoms with Gasteiger partial charge in [-0.25, -0.2) is 4.98 Å². The summed E-state index contributed by atoms with van der Waals surface area (Å²) in [5.74, 6) is 0. The molecular formula is C15H22N4. The molecular weight excluding hydrogens is 236 g/mol. The van der Waals surface area contributed by atoms with Gasteiger partial charge in [0.05, 0.1) is 24.3 Å². The minimum absolute atomic E-state index is 0.149. The number of anilines is 1. The van der Waals surface area contributed by atoms with Gasteiger partial charge in [0.15, 0.2) is 0 Å². The Balaban J connectivity index is 2.26. The normalized spacial score (nSPS) is 12.4. The highest BCUT2D eigenvalue weighted by Crippen LogP contribution is 2.24. The largest absolute Gasteiger partial charge is 0.365 e. The lowest BCUT2D eigenvalue weighted by molar-refractivity contribution is 0.578. The van der Waals surface area contributed by atoms with Crippen LogP contribution in [0.5, 0.6) is 0 Å². The molecule has 1 aromatic heterocycles. The number of aryl methyl sites for hydroxylation is 1. The van der Waals surface area contributed by atoms with E-state index in [4.69, 9.17) is 5.73 Å². The Morgan fingerprint density at radius 1 is 1.32 bits per heavy atom. The fraction of sp³-hybridized carbons (Fsp3) is 0.400. The van der Waals surface area contributed by atoms with E-state index < -0.39 is 0 Å². The Labute approximate surface area is 114 Å². The molecule has 1 heterocycles. The van der Waals surface area contributed by atoms with Crippen LogP contribution < -0.4 is 10.6 Å². The first-order chi connectivity index (χ1) is 9.27. The number of hydrogen-bond donors (Lipinski definition) is 1. The van der Waals surface area contributed by atoms with E-state index in [0.29, 0.717) is 6.54 Å². The van der Waals surface area contributed by atoms with Crippen molar-refractivity contribution in [1.82, 2.24) is 9.55 Å². The van der Waals surface area contributed by atoms with Crippen molar-refractivity contribution in [2.45, 2.75) is 25.9 Å². The highest BCUT2D eigenvalue weighted by Gasteiger charge is 2.19. The van der Waals surface area contributed by atoms with E-state index in [0.717, 1.165) is 13.0 Å². The number of aromatic nitrogens is 2. The van der Waals surface area contributed by atoms with Gasteiger partial charge in [-0.15, -0.1) is 0 Å². The molecule has 1 unspecified atom stereocenters. The molecule has 0 aliphatic carbocycles. The third-order valence-corrected chi connectivity index (χ3v) is 3.40. The molecule has 2 N–H and O–H groups in total. The molecule has 2 aromatic rings. The van der Waals surface area contributed by atoms with E-state index in [-0.39, 0.29) is 6.04 Å². The first kappa shape index (κ1) is 13.6. The molecule has 0 spiro atoms. The molecule has 19 heavy (non-hydrogen) atoms. The predicted molar refractivity (Wildman–Crippen MR) is 79.2 cm³/mol. The van der Waals surface area contributed by atoms with Crippen LogP contribution in [0.15, 0.2) is 42.9 Å². The van der Waals surface area contributed by atoms with Crippen LogP contribution in [0.1, 0.15) is 25.1 Å². The molecule has 0 saturated heterocycles. The molecule has 0 amide bonds. The molecule has 4 heteroatoms. The first-order valence-corrected chi connectivity index (χ1v) is 6.76. The number of rotatable bonds is 6. The second kappa shape index (κ2) is 6.38. The van der Waals surface area contributed by atoms with Gasteiger partial charge in [-0.05, 0) is 18.6 Å². The number of likely N-dealkylation sites (N-methyl/N-ethyl adjacent to an activating group) is 1. The molecule has 1 atom stereocenters. The monoisotopic (exact) mass is 258 g/mol. The van der Waals surface area contributed by atoms with Crippen LogP contribution in [-0.4, -0.2) is 23.1 Å². The fourth-order valence-electron chi connectivity index (χ4n) is 2.36. The lowest BCUT2D eigenvalue weighted by atomic mass is 10.1. The Morgan fingerprint density at radius 3 is 2.68 bits per heavy atom. The van der Waals surface area contributed by atoms with Gasteiger partial charge >= 0.3 is 0 Å². The SMILES string of the molecule is CCCn1cncc1C(CN)N(C)c1ccccc1. The molecule has 102 valence electrons. The van der Waals surface area contributed by atoms with Gasteiger partial charge in [0.1, 0.15) is 0 Å². The van der Waals surface area contributed by atoms with Crippen molar-refractivity contribution < 1.29 is 0 Å².